The standard InChI is InChI=1S/C29H32FN7O4S/c1-41-17-18-11-14-36(15-12-18)23-16-22(29(38)35-42(39,40)24-6-3-13-32-27(24)31)33-28-25(23)26(19-4-2-5-19)34-37(28)21-9-7-20(30)8-10-21/h3,6-10,13,16,18-19H,2,4-5,11-12,14-15,17H2,1H3,(H2,31,32)(H,35,38). The van der Waals surface area contributed by atoms with Crippen molar-refractivity contribution < 1.29 is 22.3 Å². The first-order chi connectivity index (χ1) is 20.2. The number of nitrogens with one attached hydrogen (secondary N) is 1. The number of carbonyl (C=O) groups is 1. The Bertz CT molecular complexity index is 1730. The molecule has 0 atom stereocenters. The van der Waals surface area contributed by atoms with Gasteiger partial charge in [0, 0.05) is 38.9 Å². The number of nitrogens with zero attached hydrogens (tertiary/aromatic N) is 5. The number of hydrogen-bond donors (Lipinski definition) is 2. The van der Waals surface area contributed by atoms with E-state index in [9.17, 15) is 17.6 Å². The van der Waals surface area contributed by atoms with Gasteiger partial charge in [-0.25, -0.2) is 32.2 Å². The number of methoxy groups -OCH3 is 1. The zero-order valence-electron chi connectivity index (χ0n) is 23.2. The lowest BCUT2D eigenvalue weighted by Crippen LogP contribution is -2.36. The highest BCUT2D eigenvalue weighted by Gasteiger charge is 2.32. The smallest absolute Gasteiger partial charge is 0.283 e. The average molecular weight is 594 g/mol. The van der Waals surface area contributed by atoms with Crippen LogP contribution in [0.1, 0.15) is 54.2 Å². The summed E-state index contributed by atoms with van der Waals surface area (Å²) in [5.74, 6) is -0.862. The number of amides is 1. The minimum atomic E-state index is -4.33. The van der Waals surface area contributed by atoms with Crippen molar-refractivity contribution in [2.45, 2.75) is 42.9 Å². The van der Waals surface area contributed by atoms with E-state index >= 15 is 0 Å². The van der Waals surface area contributed by atoms with E-state index in [-0.39, 0.29) is 28.1 Å². The maximum absolute atomic E-state index is 13.8. The number of halogens is 1. The van der Waals surface area contributed by atoms with Gasteiger partial charge in [0.1, 0.15) is 22.2 Å². The molecule has 2 aliphatic rings. The maximum atomic E-state index is 13.8. The molecule has 1 amide bonds. The highest BCUT2D eigenvalue weighted by Crippen LogP contribution is 2.43. The molecule has 220 valence electrons. The van der Waals surface area contributed by atoms with Crippen molar-refractivity contribution in [3.05, 3.63) is 65.9 Å². The van der Waals surface area contributed by atoms with Crippen molar-refractivity contribution in [3.8, 4) is 5.69 Å². The maximum Gasteiger partial charge on any atom is 0.283 e. The van der Waals surface area contributed by atoms with Crippen LogP contribution in [0.4, 0.5) is 15.9 Å². The van der Waals surface area contributed by atoms with Crippen molar-refractivity contribution in [2.75, 3.05) is 37.4 Å². The molecule has 3 aromatic heterocycles. The third kappa shape index (κ3) is 5.29. The van der Waals surface area contributed by atoms with Crippen molar-refractivity contribution >= 4 is 38.5 Å². The summed E-state index contributed by atoms with van der Waals surface area (Å²) >= 11 is 0. The van der Waals surface area contributed by atoms with E-state index in [0.29, 0.717) is 23.9 Å². The van der Waals surface area contributed by atoms with Crippen LogP contribution in [-0.2, 0) is 14.8 Å². The summed E-state index contributed by atoms with van der Waals surface area (Å²) in [7, 11) is -2.63. The summed E-state index contributed by atoms with van der Waals surface area (Å²) in [4.78, 5) is 23.9. The van der Waals surface area contributed by atoms with E-state index in [1.807, 2.05) is 0 Å². The van der Waals surface area contributed by atoms with Crippen LogP contribution in [0, 0.1) is 11.7 Å². The molecule has 3 N–H and O–H groups in total. The molecule has 1 aromatic carbocycles. The summed E-state index contributed by atoms with van der Waals surface area (Å²) in [6, 6.07) is 10.2. The molecule has 13 heteroatoms. The number of anilines is 2. The van der Waals surface area contributed by atoms with Crippen LogP contribution < -0.4 is 15.4 Å². The van der Waals surface area contributed by atoms with Crippen molar-refractivity contribution in [3.63, 3.8) is 0 Å². The van der Waals surface area contributed by atoms with E-state index in [1.54, 1.807) is 30.0 Å². The summed E-state index contributed by atoms with van der Waals surface area (Å²) < 4.78 is 49.1. The number of hydrogen-bond acceptors (Lipinski definition) is 9. The monoisotopic (exact) mass is 593 g/mol. The number of ether oxygens (including phenoxy) is 1. The Morgan fingerprint density at radius 2 is 1.88 bits per heavy atom. The summed E-state index contributed by atoms with van der Waals surface area (Å²) in [6.45, 7) is 2.13. The van der Waals surface area contributed by atoms with Gasteiger partial charge >= 0.3 is 0 Å². The summed E-state index contributed by atoms with van der Waals surface area (Å²) in [5, 5.41) is 5.78. The van der Waals surface area contributed by atoms with Gasteiger partial charge in [-0.15, -0.1) is 0 Å². The number of aromatic nitrogens is 4. The van der Waals surface area contributed by atoms with Gasteiger partial charge in [-0.3, -0.25) is 4.79 Å². The Hall–Kier alpha value is -4.10. The minimum absolute atomic E-state index is 0.0917. The van der Waals surface area contributed by atoms with Crippen molar-refractivity contribution in [2.24, 2.45) is 5.92 Å². The Balaban J connectivity index is 1.48. The predicted octanol–water partition coefficient (Wildman–Crippen LogP) is 3.79. The molecule has 1 saturated heterocycles. The second-order valence-corrected chi connectivity index (χ2v) is 12.5. The number of nitrogens with two attached hydrogens (primary N) is 1. The third-order valence-corrected chi connectivity index (χ3v) is 9.49. The van der Waals surface area contributed by atoms with E-state index in [2.05, 4.69) is 19.6 Å². The van der Waals surface area contributed by atoms with E-state index in [4.69, 9.17) is 15.6 Å². The first kappa shape index (κ1) is 28.0. The fraction of sp³-hybridized carbons (Fsp3) is 0.379. The molecular formula is C29H32FN7O4S. The Morgan fingerprint density at radius 1 is 1.14 bits per heavy atom. The zero-order chi connectivity index (χ0) is 29.4. The third-order valence-electron chi connectivity index (χ3n) is 8.11. The molecular weight excluding hydrogens is 561 g/mol. The summed E-state index contributed by atoms with van der Waals surface area (Å²) in [6.07, 6.45) is 6.23. The van der Waals surface area contributed by atoms with Gasteiger partial charge in [-0.1, -0.05) is 6.42 Å². The number of sulfonamides is 1. The molecule has 0 spiro atoms. The fourth-order valence-corrected chi connectivity index (χ4v) is 6.70. The number of rotatable bonds is 8. The molecule has 0 unspecified atom stereocenters. The lowest BCUT2D eigenvalue weighted by Gasteiger charge is -2.34. The van der Waals surface area contributed by atoms with E-state index in [1.165, 1.54) is 30.5 Å². The molecule has 1 aliphatic carbocycles. The van der Waals surface area contributed by atoms with Crippen LogP contribution in [0.3, 0.4) is 0 Å². The fourth-order valence-electron chi connectivity index (χ4n) is 5.65. The largest absolute Gasteiger partial charge is 0.384 e. The van der Waals surface area contributed by atoms with Gasteiger partial charge in [0.2, 0.25) is 0 Å². The lowest BCUT2D eigenvalue weighted by atomic mass is 9.82. The molecule has 2 fully saturated rings. The second kappa shape index (κ2) is 11.3. The topological polar surface area (TPSA) is 145 Å². The number of fused-ring (bicyclic) bond motifs is 1. The predicted molar refractivity (Wildman–Crippen MR) is 156 cm³/mol. The van der Waals surface area contributed by atoms with Gasteiger partial charge < -0.3 is 15.4 Å². The lowest BCUT2D eigenvalue weighted by molar-refractivity contribution is 0.0977. The number of piperidine rings is 1. The van der Waals surface area contributed by atoms with Crippen LogP contribution >= 0.6 is 0 Å². The SMILES string of the molecule is COCC1CCN(c2cc(C(=O)NS(=O)(=O)c3cccnc3N)nc3c2c(C2CCC2)nn3-c2ccc(F)cc2)CC1. The van der Waals surface area contributed by atoms with Gasteiger partial charge in [-0.2, -0.15) is 5.10 Å². The van der Waals surface area contributed by atoms with Crippen LogP contribution in [0.15, 0.2) is 53.6 Å². The molecule has 42 heavy (non-hydrogen) atoms. The Morgan fingerprint density at radius 3 is 2.52 bits per heavy atom. The van der Waals surface area contributed by atoms with Crippen LogP contribution in [0.25, 0.3) is 16.7 Å². The molecule has 1 saturated carbocycles. The van der Waals surface area contributed by atoms with E-state index in [0.717, 1.165) is 62.0 Å². The highest BCUT2D eigenvalue weighted by molar-refractivity contribution is 7.90. The van der Waals surface area contributed by atoms with Crippen molar-refractivity contribution in [1.29, 1.82) is 0 Å². The molecule has 0 radical (unpaired) electrons. The number of pyridine rings is 2. The first-order valence-corrected chi connectivity index (χ1v) is 15.4. The number of nitrogen functional groups attached to an aromatic ring is 1. The number of benzene rings is 1. The molecule has 11 nitrogen and oxygen atoms in total. The zero-order valence-corrected chi connectivity index (χ0v) is 24.0. The number of carbonyl (C=O) groups excluding carboxylic acids is 1. The normalized spacial score (nSPS) is 16.5. The quantitative estimate of drug-likeness (QED) is 0.312. The van der Waals surface area contributed by atoms with Crippen LogP contribution in [-0.4, -0.2) is 60.9 Å². The van der Waals surface area contributed by atoms with Gasteiger partial charge in [0.25, 0.3) is 15.9 Å². The van der Waals surface area contributed by atoms with Gasteiger partial charge in [0.05, 0.1) is 22.5 Å². The summed E-state index contributed by atoms with van der Waals surface area (Å²) in [5.41, 5.74) is 8.33. The van der Waals surface area contributed by atoms with Crippen LogP contribution in [0.2, 0.25) is 0 Å². The Kier molecular flexibility index (Phi) is 7.54. The molecule has 4 heterocycles. The molecule has 0 bridgehead atoms. The minimum Gasteiger partial charge on any atom is -0.384 e. The average Bonchev–Trinajstić information content (AvgIpc) is 3.31. The van der Waals surface area contributed by atoms with Gasteiger partial charge in [0.15, 0.2) is 5.65 Å². The highest BCUT2D eigenvalue weighted by atomic mass is 32.2. The van der Waals surface area contributed by atoms with Crippen molar-refractivity contribution in [1.82, 2.24) is 24.5 Å². The second-order valence-electron chi connectivity index (χ2n) is 10.8. The van der Waals surface area contributed by atoms with Gasteiger partial charge in [-0.05, 0) is 74.1 Å². The van der Waals surface area contributed by atoms with E-state index < -0.39 is 15.9 Å². The van der Waals surface area contributed by atoms with Crippen LogP contribution in [0.5, 0.6) is 0 Å². The molecule has 4 aromatic rings. The molecule has 1 aliphatic heterocycles. The Labute approximate surface area is 242 Å². The first-order valence-electron chi connectivity index (χ1n) is 14.0. The molecule has 6 rings (SSSR count).